The molecule has 0 spiro atoms. The number of esters is 1. The first-order valence-corrected chi connectivity index (χ1v) is 9.15. The van der Waals surface area contributed by atoms with Crippen LogP contribution in [-0.4, -0.2) is 54.5 Å². The van der Waals surface area contributed by atoms with Gasteiger partial charge in [-0.2, -0.15) is 0 Å². The molecule has 2 atom stereocenters. The molecule has 1 aromatic rings. The fraction of sp³-hybridized carbons (Fsp3) is 0.409. The molecule has 1 rings (SSSR count). The van der Waals surface area contributed by atoms with Crippen molar-refractivity contribution in [2.24, 2.45) is 0 Å². The maximum absolute atomic E-state index is 12.6. The number of ether oxygens (including phenoxy) is 2. The van der Waals surface area contributed by atoms with Crippen molar-refractivity contribution in [1.29, 1.82) is 0 Å². The Morgan fingerprint density at radius 2 is 1.73 bits per heavy atom. The molecule has 2 amide bonds. The molecule has 0 bridgehead atoms. The predicted octanol–water partition coefficient (Wildman–Crippen LogP) is 1.22. The van der Waals surface area contributed by atoms with Gasteiger partial charge in [0.05, 0.1) is 13.2 Å². The van der Waals surface area contributed by atoms with Crippen molar-refractivity contribution in [2.45, 2.75) is 45.4 Å². The summed E-state index contributed by atoms with van der Waals surface area (Å²) < 4.78 is 9.91. The van der Waals surface area contributed by atoms with Gasteiger partial charge in [0, 0.05) is 11.1 Å². The predicted molar refractivity (Wildman–Crippen MR) is 110 cm³/mol. The van der Waals surface area contributed by atoms with Crippen LogP contribution in [0.3, 0.4) is 0 Å². The molecule has 0 radical (unpaired) electrons. The molecule has 30 heavy (non-hydrogen) atoms. The molecule has 1 aromatic carbocycles. The van der Waals surface area contributed by atoms with Crippen LogP contribution in [0.25, 0.3) is 0 Å². The van der Waals surface area contributed by atoms with Gasteiger partial charge in [0.15, 0.2) is 0 Å². The Bertz CT molecular complexity index is 879. The van der Waals surface area contributed by atoms with Crippen molar-refractivity contribution in [3.05, 3.63) is 35.4 Å². The lowest BCUT2D eigenvalue weighted by molar-refractivity contribution is -0.143. The van der Waals surface area contributed by atoms with Gasteiger partial charge in [0.25, 0.3) is 5.91 Å². The lowest BCUT2D eigenvalue weighted by atomic mass is 10.1. The normalized spacial score (nSPS) is 12.1. The van der Waals surface area contributed by atoms with E-state index in [1.165, 1.54) is 7.11 Å². The monoisotopic (exact) mass is 414 g/mol. The zero-order chi connectivity index (χ0) is 22.7. The fourth-order valence-electron chi connectivity index (χ4n) is 2.21. The third-order valence-corrected chi connectivity index (χ3v) is 3.57. The van der Waals surface area contributed by atoms with Gasteiger partial charge in [-0.1, -0.05) is 11.8 Å². The number of hydrogen-bond acceptors (Lipinski definition) is 6. The quantitative estimate of drug-likeness (QED) is 0.493. The van der Waals surface area contributed by atoms with Crippen LogP contribution < -0.4 is 10.6 Å². The van der Waals surface area contributed by atoms with Crippen molar-refractivity contribution >= 4 is 18.0 Å². The van der Waals surface area contributed by atoms with Crippen molar-refractivity contribution in [3.8, 4) is 23.7 Å². The number of rotatable bonds is 5. The molecule has 0 saturated heterocycles. The molecular weight excluding hydrogens is 388 g/mol. The third-order valence-electron chi connectivity index (χ3n) is 3.57. The summed E-state index contributed by atoms with van der Waals surface area (Å²) in [5.41, 5.74) is 0.214. The summed E-state index contributed by atoms with van der Waals surface area (Å²) in [5, 5.41) is 13.7. The molecule has 3 N–H and O–H groups in total. The molecular formula is C22H26N2O6. The average Bonchev–Trinajstić information content (AvgIpc) is 2.67. The van der Waals surface area contributed by atoms with E-state index < -0.39 is 35.7 Å². The van der Waals surface area contributed by atoms with E-state index in [4.69, 9.17) is 14.6 Å². The number of aliphatic hydroxyl groups is 1. The number of carbonyl (C=O) groups excluding carboxylic acids is 3. The summed E-state index contributed by atoms with van der Waals surface area (Å²) in [7, 11) is 1.19. The van der Waals surface area contributed by atoms with Gasteiger partial charge in [-0.3, -0.25) is 4.79 Å². The Morgan fingerprint density at radius 3 is 2.27 bits per heavy atom. The molecule has 0 heterocycles. The Balaban J connectivity index is 2.87. The first-order valence-electron chi connectivity index (χ1n) is 9.15. The summed E-state index contributed by atoms with van der Waals surface area (Å²) in [6.45, 7) is 6.42. The van der Waals surface area contributed by atoms with Gasteiger partial charge < -0.3 is 25.2 Å². The number of alkyl carbamates (subject to hydrolysis) is 1. The molecule has 8 nitrogen and oxygen atoms in total. The van der Waals surface area contributed by atoms with Gasteiger partial charge in [-0.05, 0) is 63.8 Å². The number of methoxy groups -OCH3 is 1. The minimum absolute atomic E-state index is 0.268. The molecule has 160 valence electrons. The lowest BCUT2D eigenvalue weighted by Gasteiger charge is -2.26. The highest BCUT2D eigenvalue weighted by Gasteiger charge is 2.30. The van der Waals surface area contributed by atoms with E-state index in [-0.39, 0.29) is 6.61 Å². The molecule has 0 saturated carbocycles. The average molecular weight is 414 g/mol. The number of carbonyl (C=O) groups is 3. The number of amides is 2. The zero-order valence-corrected chi connectivity index (χ0v) is 17.7. The van der Waals surface area contributed by atoms with E-state index in [1.807, 2.05) is 0 Å². The summed E-state index contributed by atoms with van der Waals surface area (Å²) >= 11 is 0. The Morgan fingerprint density at radius 1 is 1.10 bits per heavy atom. The molecule has 0 aliphatic heterocycles. The van der Waals surface area contributed by atoms with Crippen molar-refractivity contribution in [3.63, 3.8) is 0 Å². The van der Waals surface area contributed by atoms with E-state index in [2.05, 4.69) is 34.3 Å². The maximum Gasteiger partial charge on any atom is 0.407 e. The van der Waals surface area contributed by atoms with Crippen LogP contribution in [0, 0.1) is 23.7 Å². The summed E-state index contributed by atoms with van der Waals surface area (Å²) in [4.78, 5) is 36.7. The summed E-state index contributed by atoms with van der Waals surface area (Å²) in [6, 6.07) is 4.42. The van der Waals surface area contributed by atoms with Crippen LogP contribution in [0.1, 0.15) is 43.6 Å². The number of benzene rings is 1. The summed E-state index contributed by atoms with van der Waals surface area (Å²) in [6.07, 6.45) is -0.717. The van der Waals surface area contributed by atoms with Crippen molar-refractivity contribution < 1.29 is 29.0 Å². The van der Waals surface area contributed by atoms with Gasteiger partial charge >= 0.3 is 12.1 Å². The van der Waals surface area contributed by atoms with Crippen LogP contribution in [0.2, 0.25) is 0 Å². The van der Waals surface area contributed by atoms with E-state index in [0.29, 0.717) is 11.1 Å². The highest BCUT2D eigenvalue weighted by molar-refractivity contribution is 5.97. The van der Waals surface area contributed by atoms with E-state index >= 15 is 0 Å². The number of aliphatic hydroxyl groups excluding tert-OH is 1. The smallest absolute Gasteiger partial charge is 0.407 e. The Kier molecular flexibility index (Phi) is 9.41. The number of hydrogen-bond donors (Lipinski definition) is 3. The van der Waals surface area contributed by atoms with Gasteiger partial charge in [-0.15, -0.1) is 0 Å². The Labute approximate surface area is 176 Å². The second-order valence-electron chi connectivity index (χ2n) is 7.20. The van der Waals surface area contributed by atoms with Crippen LogP contribution in [0.15, 0.2) is 24.3 Å². The fourth-order valence-corrected chi connectivity index (χ4v) is 2.21. The first kappa shape index (κ1) is 24.5. The largest absolute Gasteiger partial charge is 0.467 e. The highest BCUT2D eigenvalue weighted by Crippen LogP contribution is 2.09. The minimum Gasteiger partial charge on any atom is -0.467 e. The van der Waals surface area contributed by atoms with Crippen molar-refractivity contribution in [1.82, 2.24) is 10.6 Å². The highest BCUT2D eigenvalue weighted by atomic mass is 16.6. The molecule has 0 aliphatic carbocycles. The standard InChI is InChI=1S/C22H26N2O6/c1-15(23-21(28)30-22(2,3)4)18(20(27)29-5)24-19(26)17-12-10-16(11-13-17)9-7-6-8-14-25/h10-13,15,18,25H,14H2,1-5H3,(H,23,28)(H,24,26)/t15-,18+/m1/s1. The van der Waals surface area contributed by atoms with Gasteiger partial charge in [0.2, 0.25) is 0 Å². The van der Waals surface area contributed by atoms with E-state index in [9.17, 15) is 14.4 Å². The van der Waals surface area contributed by atoms with Crippen LogP contribution in [0.5, 0.6) is 0 Å². The summed E-state index contributed by atoms with van der Waals surface area (Å²) in [5.74, 6) is 8.98. The SMILES string of the molecule is COC(=O)[C@@H](NC(=O)c1ccc(C#CC#CCO)cc1)[C@@H](C)NC(=O)OC(C)(C)C. The molecule has 0 fully saturated rings. The molecule has 0 unspecified atom stereocenters. The van der Waals surface area contributed by atoms with Gasteiger partial charge in [-0.25, -0.2) is 9.59 Å². The van der Waals surface area contributed by atoms with Gasteiger partial charge in [0.1, 0.15) is 18.2 Å². The molecule has 8 heteroatoms. The van der Waals surface area contributed by atoms with Crippen LogP contribution in [-0.2, 0) is 14.3 Å². The van der Waals surface area contributed by atoms with Crippen molar-refractivity contribution in [2.75, 3.05) is 13.7 Å². The van der Waals surface area contributed by atoms with Crippen LogP contribution in [0.4, 0.5) is 4.79 Å². The maximum atomic E-state index is 12.6. The minimum atomic E-state index is -1.12. The zero-order valence-electron chi connectivity index (χ0n) is 17.7. The topological polar surface area (TPSA) is 114 Å². The second kappa shape index (κ2) is 11.5. The molecule has 0 aliphatic rings. The lowest BCUT2D eigenvalue weighted by Crippen LogP contribution is -2.55. The Hall–Kier alpha value is -3.49. The number of nitrogens with one attached hydrogen (secondary N) is 2. The first-order chi connectivity index (χ1) is 14.1. The third kappa shape index (κ3) is 8.68. The molecule has 0 aromatic heterocycles. The van der Waals surface area contributed by atoms with Crippen LogP contribution >= 0.6 is 0 Å². The van der Waals surface area contributed by atoms with E-state index in [1.54, 1.807) is 52.0 Å². The second-order valence-corrected chi connectivity index (χ2v) is 7.20. The van der Waals surface area contributed by atoms with E-state index in [0.717, 1.165) is 0 Å².